The zero-order chi connectivity index (χ0) is 18.0. The fourth-order valence-corrected chi connectivity index (χ4v) is 1.41. The van der Waals surface area contributed by atoms with Crippen LogP contribution in [0.4, 0.5) is 0 Å². The number of alkyl halides is 1. The van der Waals surface area contributed by atoms with Gasteiger partial charge in [0, 0.05) is 5.33 Å². The molecule has 0 radical (unpaired) electrons. The molecule has 2 nitrogen and oxygen atoms in total. The first kappa shape index (κ1) is 27.2. The zero-order valence-corrected chi connectivity index (χ0v) is 17.1. The van der Waals surface area contributed by atoms with Crippen molar-refractivity contribution in [3.05, 3.63) is 48.6 Å². The van der Waals surface area contributed by atoms with Crippen LogP contribution in [0.2, 0.25) is 0 Å². The van der Waals surface area contributed by atoms with E-state index < -0.39 is 0 Å². The molecule has 0 bridgehead atoms. The Bertz CT molecular complexity index is 241. The molecule has 0 atom stereocenters. The van der Waals surface area contributed by atoms with Gasteiger partial charge < -0.3 is 9.84 Å². The Morgan fingerprint density at radius 2 is 1.04 bits per heavy atom. The molecule has 0 saturated carbocycles. The summed E-state index contributed by atoms with van der Waals surface area (Å²) >= 11 is 3.26. The number of hydrogen-bond donors (Lipinski definition) is 1. The minimum Gasteiger partial charge on any atom is -0.392 e. The van der Waals surface area contributed by atoms with Crippen LogP contribution in [0.5, 0.6) is 0 Å². The molecule has 0 aliphatic heterocycles. The van der Waals surface area contributed by atoms with Crippen molar-refractivity contribution >= 4 is 15.9 Å². The van der Waals surface area contributed by atoms with Gasteiger partial charge in [0.2, 0.25) is 0 Å². The predicted octanol–water partition coefficient (Wildman–Crippen LogP) is 6.23. The molecule has 136 valence electrons. The fraction of sp³-hybridized carbons (Fsp3) is 0.600. The number of hydrogen-bond acceptors (Lipinski definition) is 2. The number of allylic oxidation sites excluding steroid dienone is 5. The van der Waals surface area contributed by atoms with E-state index in [1.165, 1.54) is 0 Å². The Morgan fingerprint density at radius 1 is 0.652 bits per heavy atom. The Labute approximate surface area is 153 Å². The predicted molar refractivity (Wildman–Crippen MR) is 109 cm³/mol. The molecule has 0 saturated heterocycles. The first-order valence-electron chi connectivity index (χ1n) is 8.59. The van der Waals surface area contributed by atoms with Crippen LogP contribution in [0.1, 0.15) is 53.4 Å². The van der Waals surface area contributed by atoms with Crippen LogP contribution in [0.15, 0.2) is 48.6 Å². The van der Waals surface area contributed by atoms with E-state index in [1.807, 2.05) is 13.0 Å². The van der Waals surface area contributed by atoms with Gasteiger partial charge in [0.25, 0.3) is 0 Å². The minimum atomic E-state index is 0.174. The minimum absolute atomic E-state index is 0.174. The van der Waals surface area contributed by atoms with E-state index in [-0.39, 0.29) is 6.61 Å². The molecule has 0 aromatic carbocycles. The Morgan fingerprint density at radius 3 is 1.30 bits per heavy atom. The largest absolute Gasteiger partial charge is 0.392 e. The third kappa shape index (κ3) is 44.9. The van der Waals surface area contributed by atoms with Gasteiger partial charge in [-0.25, -0.2) is 0 Å². The summed E-state index contributed by atoms with van der Waals surface area (Å²) in [6.07, 6.45) is 20.6. The van der Waals surface area contributed by atoms with Crippen molar-refractivity contribution in [1.29, 1.82) is 0 Å². The number of ether oxygens (including phenoxy) is 1. The topological polar surface area (TPSA) is 29.5 Å². The summed E-state index contributed by atoms with van der Waals surface area (Å²) in [7, 11) is 0. The molecule has 0 aliphatic carbocycles. The quantitative estimate of drug-likeness (QED) is 0.273. The molecule has 0 aliphatic rings. The van der Waals surface area contributed by atoms with Gasteiger partial charge in [-0.1, -0.05) is 92.2 Å². The van der Waals surface area contributed by atoms with Gasteiger partial charge in [-0.15, -0.1) is 0 Å². The second-order valence-corrected chi connectivity index (χ2v) is 5.04. The first-order chi connectivity index (χ1) is 11.2. The lowest BCUT2D eigenvalue weighted by Crippen LogP contribution is -1.89. The van der Waals surface area contributed by atoms with E-state index in [0.29, 0.717) is 0 Å². The lowest BCUT2D eigenvalue weighted by Gasteiger charge is -1.93. The molecule has 0 spiro atoms. The monoisotopic (exact) mass is 388 g/mol. The molecule has 0 aromatic rings. The van der Waals surface area contributed by atoms with E-state index in [2.05, 4.69) is 73.2 Å². The molecule has 0 unspecified atom stereocenters. The zero-order valence-electron chi connectivity index (χ0n) is 15.5. The number of aliphatic hydroxyl groups is 1. The van der Waals surface area contributed by atoms with Crippen LogP contribution >= 0.6 is 15.9 Å². The Balaban J connectivity index is -0.000000284. The highest BCUT2D eigenvalue weighted by Gasteiger charge is 1.76. The van der Waals surface area contributed by atoms with Crippen molar-refractivity contribution in [1.82, 2.24) is 0 Å². The van der Waals surface area contributed by atoms with Crippen molar-refractivity contribution in [3.63, 3.8) is 0 Å². The SMILES string of the molecule is CC/C=C\CBr.CC/C=C\CO.CC/C=C\COC/C=C\CC. The summed E-state index contributed by atoms with van der Waals surface area (Å²) in [6, 6.07) is 0. The highest BCUT2D eigenvalue weighted by Crippen LogP contribution is 1.84. The van der Waals surface area contributed by atoms with Gasteiger partial charge in [0.15, 0.2) is 0 Å². The second-order valence-electron chi connectivity index (χ2n) is 4.39. The fourth-order valence-electron chi connectivity index (χ4n) is 1.14. The van der Waals surface area contributed by atoms with Gasteiger partial charge >= 0.3 is 0 Å². The van der Waals surface area contributed by atoms with Crippen molar-refractivity contribution in [2.75, 3.05) is 25.2 Å². The highest BCUT2D eigenvalue weighted by atomic mass is 79.9. The standard InChI is InChI=1S/C10H18O.C5H9Br.C5H10O/c1-3-5-7-9-11-10-8-6-4-2;2*1-2-3-4-5-6/h5-8H,3-4,9-10H2,1-2H3;3-4H,2,5H2,1H3;3-4,6H,2,5H2,1H3/b7-5-,8-6-;2*4-3-. The molecule has 0 amide bonds. The van der Waals surface area contributed by atoms with Crippen LogP contribution in [0.25, 0.3) is 0 Å². The molecular weight excluding hydrogens is 352 g/mol. The van der Waals surface area contributed by atoms with Crippen molar-refractivity contribution in [2.24, 2.45) is 0 Å². The Hall–Kier alpha value is -0.640. The maximum atomic E-state index is 8.11. The van der Waals surface area contributed by atoms with E-state index in [9.17, 15) is 0 Å². The van der Waals surface area contributed by atoms with Crippen LogP contribution in [-0.2, 0) is 4.74 Å². The molecule has 1 N–H and O–H groups in total. The van der Waals surface area contributed by atoms with Crippen molar-refractivity contribution in [3.8, 4) is 0 Å². The van der Waals surface area contributed by atoms with Crippen LogP contribution < -0.4 is 0 Å². The summed E-state index contributed by atoms with van der Waals surface area (Å²) < 4.78 is 5.26. The number of halogens is 1. The third-order valence-corrected chi connectivity index (χ3v) is 2.61. The summed E-state index contributed by atoms with van der Waals surface area (Å²) in [5, 5.41) is 9.10. The van der Waals surface area contributed by atoms with Crippen LogP contribution in [0, 0.1) is 0 Å². The summed E-state index contributed by atoms with van der Waals surface area (Å²) in [5.41, 5.74) is 0. The smallest absolute Gasteiger partial charge is 0.0651 e. The van der Waals surface area contributed by atoms with E-state index in [0.717, 1.165) is 44.2 Å². The lowest BCUT2D eigenvalue weighted by molar-refractivity contribution is 0.193. The third-order valence-electron chi connectivity index (χ3n) is 2.23. The first-order valence-corrected chi connectivity index (χ1v) is 9.71. The highest BCUT2D eigenvalue weighted by molar-refractivity contribution is 9.09. The van der Waals surface area contributed by atoms with Crippen molar-refractivity contribution in [2.45, 2.75) is 53.4 Å². The molecule has 3 heteroatoms. The van der Waals surface area contributed by atoms with Gasteiger partial charge in [-0.3, -0.25) is 0 Å². The van der Waals surface area contributed by atoms with Gasteiger partial charge in [0.05, 0.1) is 19.8 Å². The second kappa shape index (κ2) is 33.1. The average Bonchev–Trinajstić information content (AvgIpc) is 2.58. The molecular formula is C20H37BrO2. The molecule has 0 heterocycles. The maximum Gasteiger partial charge on any atom is 0.0651 e. The van der Waals surface area contributed by atoms with Crippen LogP contribution in [-0.4, -0.2) is 30.3 Å². The van der Waals surface area contributed by atoms with E-state index >= 15 is 0 Å². The average molecular weight is 389 g/mol. The maximum absolute atomic E-state index is 8.11. The summed E-state index contributed by atoms with van der Waals surface area (Å²) in [5.74, 6) is 0. The van der Waals surface area contributed by atoms with Gasteiger partial charge in [-0.2, -0.15) is 0 Å². The van der Waals surface area contributed by atoms with Crippen LogP contribution in [0.3, 0.4) is 0 Å². The molecule has 0 aromatic heterocycles. The van der Waals surface area contributed by atoms with E-state index in [1.54, 1.807) is 6.08 Å². The number of rotatable bonds is 10. The number of aliphatic hydroxyl groups excluding tert-OH is 1. The lowest BCUT2D eigenvalue weighted by atomic mass is 10.4. The Kier molecular flexibility index (Phi) is 39.1. The summed E-state index contributed by atoms with van der Waals surface area (Å²) in [4.78, 5) is 0. The van der Waals surface area contributed by atoms with E-state index in [4.69, 9.17) is 9.84 Å². The summed E-state index contributed by atoms with van der Waals surface area (Å²) in [6.45, 7) is 10.0. The normalized spacial score (nSPS) is 11.0. The van der Waals surface area contributed by atoms with Crippen molar-refractivity contribution < 1.29 is 9.84 Å². The molecule has 0 fully saturated rings. The van der Waals surface area contributed by atoms with Gasteiger partial charge in [-0.05, 0) is 25.7 Å². The molecule has 0 rings (SSSR count). The van der Waals surface area contributed by atoms with Gasteiger partial charge in [0.1, 0.15) is 0 Å². The molecule has 23 heavy (non-hydrogen) atoms.